The fraction of sp³-hybridized carbons (Fsp3) is 0.417. The maximum atomic E-state index is 11.8. The van der Waals surface area contributed by atoms with E-state index < -0.39 is 5.91 Å². The van der Waals surface area contributed by atoms with Crippen molar-refractivity contribution in [1.82, 2.24) is 4.98 Å². The Balaban J connectivity index is 2.80. The zero-order chi connectivity index (χ0) is 15.1. The van der Waals surface area contributed by atoms with E-state index in [1.54, 1.807) is 0 Å². The van der Waals surface area contributed by atoms with Crippen molar-refractivity contribution in [3.63, 3.8) is 0 Å². The molecular formula is C12H18N4O4. The SMILES string of the molecule is COc1ncc(NC(=O)CC(CN)OC)cc1C(N)=O. The number of hydrogen-bond donors (Lipinski definition) is 3. The van der Waals surface area contributed by atoms with Crippen LogP contribution in [0, 0.1) is 0 Å². The first-order valence-corrected chi connectivity index (χ1v) is 5.88. The summed E-state index contributed by atoms with van der Waals surface area (Å²) in [6.07, 6.45) is 1.11. The third-order valence-corrected chi connectivity index (χ3v) is 2.60. The minimum atomic E-state index is -0.692. The van der Waals surface area contributed by atoms with Gasteiger partial charge >= 0.3 is 0 Å². The predicted octanol–water partition coefficient (Wildman–Crippen LogP) is -0.509. The standard InChI is InChI=1S/C12H18N4O4/c1-19-8(5-13)4-10(17)16-7-3-9(11(14)18)12(20-2)15-6-7/h3,6,8H,4-5,13H2,1-2H3,(H2,14,18)(H,16,17). The normalized spacial score (nSPS) is 11.8. The summed E-state index contributed by atoms with van der Waals surface area (Å²) in [5.74, 6) is -0.890. The lowest BCUT2D eigenvalue weighted by Gasteiger charge is -2.13. The number of rotatable bonds is 7. The predicted molar refractivity (Wildman–Crippen MR) is 72.4 cm³/mol. The van der Waals surface area contributed by atoms with Gasteiger partial charge in [0.05, 0.1) is 31.5 Å². The van der Waals surface area contributed by atoms with E-state index in [0.29, 0.717) is 5.69 Å². The second-order valence-corrected chi connectivity index (χ2v) is 3.99. The van der Waals surface area contributed by atoms with Crippen molar-refractivity contribution in [2.75, 3.05) is 26.1 Å². The Bertz CT molecular complexity index is 488. The number of nitrogens with zero attached hydrogens (tertiary/aromatic N) is 1. The van der Waals surface area contributed by atoms with Crippen LogP contribution < -0.4 is 21.5 Å². The van der Waals surface area contributed by atoms with Gasteiger partial charge in [-0.15, -0.1) is 0 Å². The minimum Gasteiger partial charge on any atom is -0.480 e. The van der Waals surface area contributed by atoms with Crippen molar-refractivity contribution in [3.8, 4) is 5.88 Å². The molecule has 1 heterocycles. The summed E-state index contributed by atoms with van der Waals surface area (Å²) in [5, 5.41) is 2.59. The van der Waals surface area contributed by atoms with E-state index in [9.17, 15) is 9.59 Å². The molecule has 0 radical (unpaired) electrons. The number of amides is 2. The van der Waals surface area contributed by atoms with Gasteiger partial charge in [0, 0.05) is 13.7 Å². The van der Waals surface area contributed by atoms with Crippen LogP contribution in [0.1, 0.15) is 16.8 Å². The first kappa shape index (κ1) is 15.9. The zero-order valence-corrected chi connectivity index (χ0v) is 11.4. The molecule has 1 unspecified atom stereocenters. The fourth-order valence-electron chi connectivity index (χ4n) is 1.54. The Morgan fingerprint density at radius 1 is 1.45 bits per heavy atom. The number of anilines is 1. The van der Waals surface area contributed by atoms with Gasteiger partial charge < -0.3 is 26.3 Å². The maximum Gasteiger partial charge on any atom is 0.254 e. The van der Waals surface area contributed by atoms with E-state index >= 15 is 0 Å². The molecule has 0 saturated heterocycles. The molecule has 0 bridgehead atoms. The molecule has 1 aromatic rings. The highest BCUT2D eigenvalue weighted by molar-refractivity contribution is 5.97. The maximum absolute atomic E-state index is 11.8. The molecule has 0 aliphatic carbocycles. The zero-order valence-electron chi connectivity index (χ0n) is 11.4. The Morgan fingerprint density at radius 2 is 2.15 bits per heavy atom. The quantitative estimate of drug-likeness (QED) is 0.617. The Morgan fingerprint density at radius 3 is 2.65 bits per heavy atom. The van der Waals surface area contributed by atoms with Crippen molar-refractivity contribution < 1.29 is 19.1 Å². The lowest BCUT2D eigenvalue weighted by Crippen LogP contribution is -2.28. The monoisotopic (exact) mass is 282 g/mol. The van der Waals surface area contributed by atoms with Gasteiger partial charge in [0.25, 0.3) is 5.91 Å². The molecule has 0 spiro atoms. The highest BCUT2D eigenvalue weighted by Crippen LogP contribution is 2.18. The van der Waals surface area contributed by atoms with E-state index in [4.69, 9.17) is 20.9 Å². The topological polar surface area (TPSA) is 130 Å². The molecule has 8 nitrogen and oxygen atoms in total. The van der Waals surface area contributed by atoms with E-state index in [-0.39, 0.29) is 36.4 Å². The van der Waals surface area contributed by atoms with Crippen LogP contribution in [-0.4, -0.2) is 43.7 Å². The molecule has 2 amide bonds. The van der Waals surface area contributed by atoms with Crippen LogP contribution in [0.3, 0.4) is 0 Å². The highest BCUT2D eigenvalue weighted by Gasteiger charge is 2.15. The van der Waals surface area contributed by atoms with E-state index in [1.807, 2.05) is 0 Å². The van der Waals surface area contributed by atoms with Gasteiger partial charge in [-0.05, 0) is 6.07 Å². The smallest absolute Gasteiger partial charge is 0.254 e. The second-order valence-electron chi connectivity index (χ2n) is 3.99. The minimum absolute atomic E-state index is 0.0902. The molecule has 0 aliphatic rings. The third-order valence-electron chi connectivity index (χ3n) is 2.60. The van der Waals surface area contributed by atoms with Crippen LogP contribution in [0.25, 0.3) is 0 Å². The molecule has 1 atom stereocenters. The van der Waals surface area contributed by atoms with Crippen molar-refractivity contribution in [2.45, 2.75) is 12.5 Å². The first-order valence-electron chi connectivity index (χ1n) is 5.88. The molecule has 0 aromatic carbocycles. The fourth-order valence-corrected chi connectivity index (χ4v) is 1.54. The molecule has 1 rings (SSSR count). The van der Waals surface area contributed by atoms with Crippen molar-refractivity contribution >= 4 is 17.5 Å². The number of aromatic nitrogens is 1. The van der Waals surface area contributed by atoms with Crippen LogP contribution in [0.2, 0.25) is 0 Å². The van der Waals surface area contributed by atoms with Gasteiger partial charge in [-0.25, -0.2) is 4.98 Å². The Hall–Kier alpha value is -2.19. The molecule has 0 aliphatic heterocycles. The molecule has 0 saturated carbocycles. The third kappa shape index (κ3) is 4.18. The number of hydrogen-bond acceptors (Lipinski definition) is 6. The highest BCUT2D eigenvalue weighted by atomic mass is 16.5. The first-order chi connectivity index (χ1) is 9.51. The van der Waals surface area contributed by atoms with E-state index in [0.717, 1.165) is 0 Å². The number of nitrogens with two attached hydrogens (primary N) is 2. The van der Waals surface area contributed by atoms with Crippen LogP contribution in [0.4, 0.5) is 5.69 Å². The summed E-state index contributed by atoms with van der Waals surface area (Å²) in [5.41, 5.74) is 11.1. The summed E-state index contributed by atoms with van der Waals surface area (Å²) < 4.78 is 9.92. The lowest BCUT2D eigenvalue weighted by atomic mass is 10.2. The summed E-state index contributed by atoms with van der Waals surface area (Å²) in [7, 11) is 2.85. The molecule has 110 valence electrons. The average Bonchev–Trinajstić information content (AvgIpc) is 2.44. The van der Waals surface area contributed by atoms with Gasteiger partial charge in [0.1, 0.15) is 5.56 Å². The number of methoxy groups -OCH3 is 2. The van der Waals surface area contributed by atoms with Gasteiger partial charge in [-0.2, -0.15) is 0 Å². The Kier molecular flexibility index (Phi) is 5.88. The van der Waals surface area contributed by atoms with E-state index in [2.05, 4.69) is 10.3 Å². The van der Waals surface area contributed by atoms with Crippen LogP contribution >= 0.6 is 0 Å². The molecule has 8 heteroatoms. The van der Waals surface area contributed by atoms with Gasteiger partial charge in [0.2, 0.25) is 11.8 Å². The molecule has 20 heavy (non-hydrogen) atoms. The molecule has 0 fully saturated rings. The van der Waals surface area contributed by atoms with E-state index in [1.165, 1.54) is 26.5 Å². The summed E-state index contributed by atoms with van der Waals surface area (Å²) in [4.78, 5) is 26.9. The second kappa shape index (κ2) is 7.41. The number of pyridine rings is 1. The number of carbonyl (C=O) groups is 2. The van der Waals surface area contributed by atoms with Crippen molar-refractivity contribution in [1.29, 1.82) is 0 Å². The average molecular weight is 282 g/mol. The summed E-state index contributed by atoms with van der Waals surface area (Å²) in [6, 6.07) is 1.40. The largest absolute Gasteiger partial charge is 0.480 e. The molecular weight excluding hydrogens is 264 g/mol. The Labute approximate surface area is 116 Å². The molecule has 5 N–H and O–H groups in total. The van der Waals surface area contributed by atoms with Crippen LogP contribution in [0.15, 0.2) is 12.3 Å². The van der Waals surface area contributed by atoms with Crippen molar-refractivity contribution in [3.05, 3.63) is 17.8 Å². The van der Waals surface area contributed by atoms with Crippen LogP contribution in [-0.2, 0) is 9.53 Å². The number of primary amides is 1. The van der Waals surface area contributed by atoms with Crippen LogP contribution in [0.5, 0.6) is 5.88 Å². The number of ether oxygens (including phenoxy) is 2. The number of nitrogens with one attached hydrogen (secondary N) is 1. The van der Waals surface area contributed by atoms with Gasteiger partial charge in [-0.3, -0.25) is 9.59 Å². The van der Waals surface area contributed by atoms with Gasteiger partial charge in [0.15, 0.2) is 0 Å². The van der Waals surface area contributed by atoms with Gasteiger partial charge in [-0.1, -0.05) is 0 Å². The van der Waals surface area contributed by atoms with Crippen molar-refractivity contribution in [2.24, 2.45) is 11.5 Å². The molecule has 1 aromatic heterocycles. The summed E-state index contributed by atoms with van der Waals surface area (Å²) in [6.45, 7) is 0.233. The summed E-state index contributed by atoms with van der Waals surface area (Å²) >= 11 is 0. The number of carbonyl (C=O) groups excluding carboxylic acids is 2. The lowest BCUT2D eigenvalue weighted by molar-refractivity contribution is -0.118.